The number of nitrogens with two attached hydrogens (primary N) is 1. The van der Waals surface area contributed by atoms with E-state index >= 15 is 0 Å². The van der Waals surface area contributed by atoms with Crippen LogP contribution in [-0.2, 0) is 11.3 Å². The molecular weight excluding hydrogens is 170 g/mol. The molecule has 13 heavy (non-hydrogen) atoms. The van der Waals surface area contributed by atoms with E-state index in [4.69, 9.17) is 11.0 Å². The number of hydrogen-bond acceptors (Lipinski definition) is 4. The van der Waals surface area contributed by atoms with E-state index in [-0.39, 0.29) is 11.7 Å². The van der Waals surface area contributed by atoms with Gasteiger partial charge in [0.1, 0.15) is 12.4 Å². The van der Waals surface area contributed by atoms with Crippen LogP contribution in [0.2, 0.25) is 0 Å². The van der Waals surface area contributed by atoms with Gasteiger partial charge in [-0.3, -0.25) is 9.48 Å². The molecule has 0 aromatic carbocycles. The van der Waals surface area contributed by atoms with Crippen LogP contribution < -0.4 is 5.73 Å². The first kappa shape index (κ1) is 9.19. The summed E-state index contributed by atoms with van der Waals surface area (Å²) in [5, 5.41) is 12.2. The number of nitrogens with zero attached hydrogens (tertiary/aromatic N) is 4. The maximum absolute atomic E-state index is 10.7. The summed E-state index contributed by atoms with van der Waals surface area (Å²) < 4.78 is 1.42. The molecule has 0 saturated heterocycles. The summed E-state index contributed by atoms with van der Waals surface area (Å²) in [5.41, 5.74) is 5.06. The quantitative estimate of drug-likeness (QED) is 0.661. The average molecular weight is 179 g/mol. The third-order valence-electron chi connectivity index (χ3n) is 1.58. The molecule has 1 heterocycles. The second-order valence-corrected chi connectivity index (χ2v) is 2.71. The zero-order chi connectivity index (χ0) is 9.84. The molecule has 1 aromatic rings. The summed E-state index contributed by atoms with van der Waals surface area (Å²) in [7, 11) is 0. The van der Waals surface area contributed by atoms with Crippen LogP contribution in [0, 0.1) is 17.2 Å². The molecule has 6 heteroatoms. The fourth-order valence-corrected chi connectivity index (χ4v) is 0.804. The van der Waals surface area contributed by atoms with Gasteiger partial charge in [-0.25, -0.2) is 4.98 Å². The third-order valence-corrected chi connectivity index (χ3v) is 1.58. The molecule has 0 bridgehead atoms. The fourth-order valence-electron chi connectivity index (χ4n) is 0.804. The van der Waals surface area contributed by atoms with Crippen molar-refractivity contribution in [2.75, 3.05) is 0 Å². The number of hydrogen-bond donors (Lipinski definition) is 1. The van der Waals surface area contributed by atoms with E-state index in [1.807, 2.05) is 0 Å². The second kappa shape index (κ2) is 3.67. The molecule has 0 saturated carbocycles. The normalized spacial score (nSPS) is 12.0. The molecule has 1 unspecified atom stereocenters. The minimum absolute atomic E-state index is 0.0941. The number of nitriles is 1. The Hall–Kier alpha value is -1.90. The first-order chi connectivity index (χ1) is 6.13. The summed E-state index contributed by atoms with van der Waals surface area (Å²) in [4.78, 5) is 14.4. The molecule has 0 aliphatic carbocycles. The lowest BCUT2D eigenvalue weighted by Crippen LogP contribution is -2.24. The van der Waals surface area contributed by atoms with Crippen LogP contribution in [0.3, 0.4) is 0 Å². The summed E-state index contributed by atoms with van der Waals surface area (Å²) >= 11 is 0. The molecular formula is C7H9N5O. The lowest BCUT2D eigenvalue weighted by Gasteiger charge is -2.04. The van der Waals surface area contributed by atoms with Gasteiger partial charge in [-0.15, -0.1) is 5.10 Å². The summed E-state index contributed by atoms with van der Waals surface area (Å²) in [6.45, 7) is 2.04. The first-order valence-corrected chi connectivity index (χ1v) is 3.72. The minimum Gasteiger partial charge on any atom is -0.369 e. The van der Waals surface area contributed by atoms with Gasteiger partial charge in [-0.1, -0.05) is 6.92 Å². The SMILES string of the molecule is CC(Cn1cnc(C#N)n1)C(N)=O. The van der Waals surface area contributed by atoms with E-state index in [1.54, 1.807) is 13.0 Å². The lowest BCUT2D eigenvalue weighted by atomic mass is 10.2. The highest BCUT2D eigenvalue weighted by molar-refractivity contribution is 5.76. The molecule has 0 aliphatic heterocycles. The van der Waals surface area contributed by atoms with Crippen molar-refractivity contribution >= 4 is 5.91 Å². The highest BCUT2D eigenvalue weighted by Crippen LogP contribution is 1.97. The molecule has 1 rings (SSSR count). The monoisotopic (exact) mass is 179 g/mol. The van der Waals surface area contributed by atoms with Crippen LogP contribution in [0.1, 0.15) is 12.7 Å². The van der Waals surface area contributed by atoms with Gasteiger partial charge in [-0.2, -0.15) is 5.26 Å². The van der Waals surface area contributed by atoms with E-state index in [9.17, 15) is 4.79 Å². The minimum atomic E-state index is -0.394. The summed E-state index contributed by atoms with van der Waals surface area (Å²) in [5.74, 6) is -0.612. The van der Waals surface area contributed by atoms with Crippen molar-refractivity contribution in [3.8, 4) is 6.07 Å². The highest BCUT2D eigenvalue weighted by Gasteiger charge is 2.10. The van der Waals surface area contributed by atoms with Gasteiger partial charge in [0.15, 0.2) is 0 Å². The van der Waals surface area contributed by atoms with E-state index in [1.165, 1.54) is 11.0 Å². The smallest absolute Gasteiger partial charge is 0.252 e. The van der Waals surface area contributed by atoms with Gasteiger partial charge in [0.25, 0.3) is 5.82 Å². The van der Waals surface area contributed by atoms with Gasteiger partial charge in [-0.05, 0) is 0 Å². The van der Waals surface area contributed by atoms with Crippen molar-refractivity contribution in [1.82, 2.24) is 14.8 Å². The first-order valence-electron chi connectivity index (χ1n) is 3.72. The Morgan fingerprint density at radius 3 is 3.08 bits per heavy atom. The predicted octanol–water partition coefficient (Wildman–Crippen LogP) is -0.729. The maximum atomic E-state index is 10.7. The lowest BCUT2D eigenvalue weighted by molar-refractivity contribution is -0.121. The van der Waals surface area contributed by atoms with Crippen molar-refractivity contribution in [3.63, 3.8) is 0 Å². The van der Waals surface area contributed by atoms with Crippen LogP contribution in [0.25, 0.3) is 0 Å². The molecule has 68 valence electrons. The molecule has 0 spiro atoms. The number of carbonyl (C=O) groups excluding carboxylic acids is 1. The number of aromatic nitrogens is 3. The van der Waals surface area contributed by atoms with Gasteiger partial charge in [0.2, 0.25) is 5.91 Å². The number of primary amides is 1. The predicted molar refractivity (Wildman–Crippen MR) is 43.1 cm³/mol. The number of carbonyl (C=O) groups is 1. The van der Waals surface area contributed by atoms with Crippen LogP contribution in [0.5, 0.6) is 0 Å². The zero-order valence-electron chi connectivity index (χ0n) is 7.14. The molecule has 0 radical (unpaired) electrons. The van der Waals surface area contributed by atoms with Crippen LogP contribution >= 0.6 is 0 Å². The Morgan fingerprint density at radius 1 is 1.92 bits per heavy atom. The molecule has 0 fully saturated rings. The van der Waals surface area contributed by atoms with Gasteiger partial charge < -0.3 is 5.73 Å². The van der Waals surface area contributed by atoms with E-state index in [0.717, 1.165) is 0 Å². The fraction of sp³-hybridized carbons (Fsp3) is 0.429. The Kier molecular flexibility index (Phi) is 2.59. The molecule has 0 aliphatic rings. The molecule has 6 nitrogen and oxygen atoms in total. The van der Waals surface area contributed by atoms with Crippen molar-refractivity contribution in [2.24, 2.45) is 11.7 Å². The van der Waals surface area contributed by atoms with Crippen LogP contribution in [0.4, 0.5) is 0 Å². The van der Waals surface area contributed by atoms with E-state index < -0.39 is 5.91 Å². The van der Waals surface area contributed by atoms with Crippen molar-refractivity contribution in [1.29, 1.82) is 5.26 Å². The van der Waals surface area contributed by atoms with Gasteiger partial charge >= 0.3 is 0 Å². The van der Waals surface area contributed by atoms with Crippen molar-refractivity contribution < 1.29 is 4.79 Å². The van der Waals surface area contributed by atoms with Crippen molar-refractivity contribution in [2.45, 2.75) is 13.5 Å². The Morgan fingerprint density at radius 2 is 2.62 bits per heavy atom. The number of rotatable bonds is 3. The molecule has 1 atom stereocenters. The Bertz CT molecular complexity index is 350. The Balaban J connectivity index is 2.65. The van der Waals surface area contributed by atoms with E-state index in [0.29, 0.717) is 6.54 Å². The standard InChI is InChI=1S/C7H9N5O/c1-5(7(9)13)3-12-4-10-6(2-8)11-12/h4-5H,3H2,1H3,(H2,9,13). The largest absolute Gasteiger partial charge is 0.369 e. The average Bonchev–Trinajstić information content (AvgIpc) is 2.52. The summed E-state index contributed by atoms with van der Waals surface area (Å²) in [6.07, 6.45) is 1.40. The third kappa shape index (κ3) is 2.27. The van der Waals surface area contributed by atoms with Crippen molar-refractivity contribution in [3.05, 3.63) is 12.2 Å². The Labute approximate surface area is 75.0 Å². The molecule has 1 amide bonds. The number of amides is 1. The van der Waals surface area contributed by atoms with Crippen LogP contribution in [0.15, 0.2) is 6.33 Å². The zero-order valence-corrected chi connectivity index (χ0v) is 7.14. The van der Waals surface area contributed by atoms with E-state index in [2.05, 4.69) is 10.1 Å². The highest BCUT2D eigenvalue weighted by atomic mass is 16.1. The van der Waals surface area contributed by atoms with Crippen LogP contribution in [-0.4, -0.2) is 20.7 Å². The maximum Gasteiger partial charge on any atom is 0.252 e. The van der Waals surface area contributed by atoms with Gasteiger partial charge in [0.05, 0.1) is 12.5 Å². The summed E-state index contributed by atoms with van der Waals surface area (Å²) in [6, 6.07) is 1.79. The topological polar surface area (TPSA) is 97.6 Å². The molecule has 2 N–H and O–H groups in total. The van der Waals surface area contributed by atoms with Gasteiger partial charge in [0, 0.05) is 0 Å². The molecule has 1 aromatic heterocycles. The second-order valence-electron chi connectivity index (χ2n) is 2.71.